The normalized spacial score (nSPS) is 21.6. The largest absolute Gasteiger partial charge is 0.381 e. The van der Waals surface area contributed by atoms with E-state index in [9.17, 15) is 14.9 Å². The summed E-state index contributed by atoms with van der Waals surface area (Å²) in [7, 11) is 1.67. The molecule has 1 heterocycles. The summed E-state index contributed by atoms with van der Waals surface area (Å²) in [4.78, 5) is 24.4. The van der Waals surface area contributed by atoms with Crippen LogP contribution in [-0.2, 0) is 16.0 Å². The van der Waals surface area contributed by atoms with E-state index in [1.54, 1.807) is 24.1 Å². The molecule has 2 unspecified atom stereocenters. The number of nitrogens with zero attached hydrogens (tertiary/aromatic N) is 2. The van der Waals surface area contributed by atoms with Gasteiger partial charge in [0.1, 0.15) is 0 Å². The third kappa shape index (κ3) is 3.80. The van der Waals surface area contributed by atoms with Crippen molar-refractivity contribution in [1.29, 1.82) is 0 Å². The fourth-order valence-electron chi connectivity index (χ4n) is 2.79. The van der Waals surface area contributed by atoms with Crippen LogP contribution in [0, 0.1) is 10.1 Å². The van der Waals surface area contributed by atoms with Crippen LogP contribution in [0.15, 0.2) is 24.3 Å². The Morgan fingerprint density at radius 3 is 2.68 bits per heavy atom. The average Bonchev–Trinajstić information content (AvgIpc) is 2.54. The molecule has 2 rings (SSSR count). The summed E-state index contributed by atoms with van der Waals surface area (Å²) in [5, 5.41) is 10.6. The molecule has 0 aliphatic carbocycles. The van der Waals surface area contributed by atoms with Crippen LogP contribution in [0.2, 0.25) is 0 Å². The molecule has 2 N–H and O–H groups in total. The van der Waals surface area contributed by atoms with Gasteiger partial charge in [0.2, 0.25) is 5.91 Å². The van der Waals surface area contributed by atoms with E-state index in [-0.39, 0.29) is 30.2 Å². The SMILES string of the molecule is COC1CCN(C(=O)Cc2ccc([N+](=O)[O-])cc2)C(CN)C1. The van der Waals surface area contributed by atoms with Crippen molar-refractivity contribution in [3.8, 4) is 0 Å². The van der Waals surface area contributed by atoms with Gasteiger partial charge in [-0.15, -0.1) is 0 Å². The number of benzene rings is 1. The Bertz CT molecular complexity index is 532. The number of likely N-dealkylation sites (tertiary alicyclic amines) is 1. The number of ether oxygens (including phenoxy) is 1. The maximum atomic E-state index is 12.4. The molecule has 2 atom stereocenters. The molecule has 22 heavy (non-hydrogen) atoms. The number of nitro benzene ring substituents is 1. The van der Waals surface area contributed by atoms with E-state index in [0.717, 1.165) is 18.4 Å². The molecule has 7 nitrogen and oxygen atoms in total. The number of methoxy groups -OCH3 is 1. The highest BCUT2D eigenvalue weighted by atomic mass is 16.6. The van der Waals surface area contributed by atoms with Crippen LogP contribution in [0.3, 0.4) is 0 Å². The monoisotopic (exact) mass is 307 g/mol. The highest BCUT2D eigenvalue weighted by Crippen LogP contribution is 2.21. The molecule has 0 spiro atoms. The van der Waals surface area contributed by atoms with E-state index >= 15 is 0 Å². The van der Waals surface area contributed by atoms with Crippen molar-refractivity contribution in [2.24, 2.45) is 5.73 Å². The van der Waals surface area contributed by atoms with Gasteiger partial charge in [-0.05, 0) is 18.4 Å². The molecule has 1 aromatic rings. The lowest BCUT2D eigenvalue weighted by Crippen LogP contribution is -2.51. The van der Waals surface area contributed by atoms with E-state index in [4.69, 9.17) is 10.5 Å². The zero-order valence-electron chi connectivity index (χ0n) is 12.6. The van der Waals surface area contributed by atoms with E-state index in [1.807, 2.05) is 0 Å². The quantitative estimate of drug-likeness (QED) is 0.649. The van der Waals surface area contributed by atoms with Crippen LogP contribution in [0.1, 0.15) is 18.4 Å². The second-order valence-electron chi connectivity index (χ2n) is 5.46. The van der Waals surface area contributed by atoms with Crippen molar-refractivity contribution in [1.82, 2.24) is 4.90 Å². The molecule has 120 valence electrons. The second kappa shape index (κ2) is 7.33. The standard InChI is InChI=1S/C15H21N3O4/c1-22-14-6-7-17(13(9-14)10-16)15(19)8-11-2-4-12(5-3-11)18(20)21/h2-5,13-14H,6-10,16H2,1H3. The van der Waals surface area contributed by atoms with Gasteiger partial charge in [0, 0.05) is 38.4 Å². The Labute approximate surface area is 129 Å². The lowest BCUT2D eigenvalue weighted by Gasteiger charge is -2.38. The summed E-state index contributed by atoms with van der Waals surface area (Å²) >= 11 is 0. The molecule has 0 bridgehead atoms. The van der Waals surface area contributed by atoms with Crippen LogP contribution in [0.25, 0.3) is 0 Å². The zero-order valence-corrected chi connectivity index (χ0v) is 12.6. The van der Waals surface area contributed by atoms with Crippen LogP contribution in [0.4, 0.5) is 5.69 Å². The Hall–Kier alpha value is -1.99. The number of hydrogen-bond acceptors (Lipinski definition) is 5. The summed E-state index contributed by atoms with van der Waals surface area (Å²) < 4.78 is 5.35. The van der Waals surface area contributed by atoms with Crippen molar-refractivity contribution in [3.05, 3.63) is 39.9 Å². The van der Waals surface area contributed by atoms with Crippen molar-refractivity contribution in [2.75, 3.05) is 20.2 Å². The highest BCUT2D eigenvalue weighted by Gasteiger charge is 2.30. The molecule has 1 aliphatic heterocycles. The molecule has 0 aromatic heterocycles. The predicted molar refractivity (Wildman–Crippen MR) is 81.4 cm³/mol. The maximum Gasteiger partial charge on any atom is 0.269 e. The highest BCUT2D eigenvalue weighted by molar-refractivity contribution is 5.79. The Morgan fingerprint density at radius 2 is 2.14 bits per heavy atom. The predicted octanol–water partition coefficient (Wildman–Crippen LogP) is 1.10. The third-order valence-electron chi connectivity index (χ3n) is 4.10. The number of rotatable bonds is 5. The lowest BCUT2D eigenvalue weighted by molar-refractivity contribution is -0.384. The van der Waals surface area contributed by atoms with Gasteiger partial charge >= 0.3 is 0 Å². The molecular formula is C15H21N3O4. The fraction of sp³-hybridized carbons (Fsp3) is 0.533. The van der Waals surface area contributed by atoms with Gasteiger partial charge in [0.05, 0.1) is 17.4 Å². The molecule has 1 fully saturated rings. The van der Waals surface area contributed by atoms with E-state index in [2.05, 4.69) is 0 Å². The number of carbonyl (C=O) groups is 1. The third-order valence-corrected chi connectivity index (χ3v) is 4.10. The number of piperidine rings is 1. The van der Waals surface area contributed by atoms with Gasteiger partial charge in [-0.1, -0.05) is 12.1 Å². The number of nitrogens with two attached hydrogens (primary N) is 1. The molecule has 7 heteroatoms. The topological polar surface area (TPSA) is 98.7 Å². The first kappa shape index (κ1) is 16.4. The minimum Gasteiger partial charge on any atom is -0.381 e. The number of nitro groups is 1. The minimum absolute atomic E-state index is 0.00106. The van der Waals surface area contributed by atoms with Gasteiger partial charge in [0.15, 0.2) is 0 Å². The maximum absolute atomic E-state index is 12.4. The summed E-state index contributed by atoms with van der Waals surface area (Å²) in [6.07, 6.45) is 1.93. The Balaban J connectivity index is 2.00. The van der Waals surface area contributed by atoms with Crippen molar-refractivity contribution >= 4 is 11.6 Å². The first-order valence-electron chi connectivity index (χ1n) is 7.30. The number of hydrogen-bond donors (Lipinski definition) is 1. The molecule has 0 saturated carbocycles. The zero-order chi connectivity index (χ0) is 16.1. The molecule has 1 aliphatic rings. The summed E-state index contributed by atoms with van der Waals surface area (Å²) in [6.45, 7) is 1.04. The van der Waals surface area contributed by atoms with E-state index in [0.29, 0.717) is 13.1 Å². The number of carbonyl (C=O) groups excluding carboxylic acids is 1. The fourth-order valence-corrected chi connectivity index (χ4v) is 2.79. The van der Waals surface area contributed by atoms with Crippen LogP contribution in [0.5, 0.6) is 0 Å². The second-order valence-corrected chi connectivity index (χ2v) is 5.46. The van der Waals surface area contributed by atoms with E-state index in [1.165, 1.54) is 12.1 Å². The summed E-state index contributed by atoms with van der Waals surface area (Å²) in [5.74, 6) is -0.00106. The number of amides is 1. The average molecular weight is 307 g/mol. The Kier molecular flexibility index (Phi) is 5.46. The first-order valence-corrected chi connectivity index (χ1v) is 7.30. The molecule has 1 saturated heterocycles. The Morgan fingerprint density at radius 1 is 1.45 bits per heavy atom. The lowest BCUT2D eigenvalue weighted by atomic mass is 9.98. The van der Waals surface area contributed by atoms with Gasteiger partial charge in [0.25, 0.3) is 5.69 Å². The van der Waals surface area contributed by atoms with Crippen LogP contribution in [-0.4, -0.2) is 48.1 Å². The molecule has 1 amide bonds. The molecule has 1 aromatic carbocycles. The van der Waals surface area contributed by atoms with Crippen molar-refractivity contribution in [2.45, 2.75) is 31.4 Å². The van der Waals surface area contributed by atoms with Gasteiger partial charge in [-0.3, -0.25) is 14.9 Å². The van der Waals surface area contributed by atoms with E-state index < -0.39 is 4.92 Å². The molecule has 0 radical (unpaired) electrons. The molecular weight excluding hydrogens is 286 g/mol. The van der Waals surface area contributed by atoms with Gasteiger partial charge in [-0.25, -0.2) is 0 Å². The van der Waals surface area contributed by atoms with Gasteiger partial charge in [-0.2, -0.15) is 0 Å². The minimum atomic E-state index is -0.453. The summed E-state index contributed by atoms with van der Waals surface area (Å²) in [6, 6.07) is 6.06. The smallest absolute Gasteiger partial charge is 0.269 e. The van der Waals surface area contributed by atoms with Crippen LogP contribution < -0.4 is 5.73 Å². The van der Waals surface area contributed by atoms with Crippen molar-refractivity contribution in [3.63, 3.8) is 0 Å². The van der Waals surface area contributed by atoms with Gasteiger partial charge < -0.3 is 15.4 Å². The first-order chi connectivity index (χ1) is 10.5. The van der Waals surface area contributed by atoms with Crippen molar-refractivity contribution < 1.29 is 14.5 Å². The summed E-state index contributed by atoms with van der Waals surface area (Å²) in [5.41, 5.74) is 6.56. The van der Waals surface area contributed by atoms with Crippen LogP contribution >= 0.6 is 0 Å². The number of non-ortho nitro benzene ring substituents is 1.